The van der Waals surface area contributed by atoms with Gasteiger partial charge in [0.1, 0.15) is 0 Å². The second kappa shape index (κ2) is 6.51. The largest absolute Gasteiger partial charge is 0.306 e. The lowest BCUT2D eigenvalue weighted by Crippen LogP contribution is -2.36. The molecule has 1 aromatic rings. The predicted octanol–water partition coefficient (Wildman–Crippen LogP) is 3.20. The lowest BCUT2D eigenvalue weighted by atomic mass is 9.95. The van der Waals surface area contributed by atoms with Crippen LogP contribution in [0.5, 0.6) is 0 Å². The molecule has 1 N–H and O–H groups in total. The summed E-state index contributed by atoms with van der Waals surface area (Å²) in [5.74, 6) is 0.164. The Morgan fingerprint density at radius 1 is 1.28 bits per heavy atom. The fourth-order valence-corrected chi connectivity index (χ4v) is 2.73. The summed E-state index contributed by atoms with van der Waals surface area (Å²) < 4.78 is 0. The van der Waals surface area contributed by atoms with E-state index in [9.17, 15) is 5.26 Å². The maximum Gasteiger partial charge on any atom is 0.0672 e. The molecule has 3 heteroatoms. The van der Waals surface area contributed by atoms with E-state index < -0.39 is 0 Å². The number of nitrogens with one attached hydrogen (secondary N) is 1. The molecule has 0 amide bonds. The van der Waals surface area contributed by atoms with Gasteiger partial charge in [-0.2, -0.15) is 5.26 Å². The van der Waals surface area contributed by atoms with Crippen molar-refractivity contribution < 1.29 is 0 Å². The average Bonchev–Trinajstić information content (AvgIpc) is 2.64. The third kappa shape index (κ3) is 3.30. The van der Waals surface area contributed by atoms with Crippen LogP contribution in [0.15, 0.2) is 24.5 Å². The molecule has 0 saturated heterocycles. The van der Waals surface area contributed by atoms with E-state index in [-0.39, 0.29) is 12.0 Å². The zero-order valence-electron chi connectivity index (χ0n) is 11.0. The normalized spacial score (nSPS) is 26.0. The molecule has 96 valence electrons. The first-order valence-corrected chi connectivity index (χ1v) is 6.87. The van der Waals surface area contributed by atoms with Gasteiger partial charge in [-0.3, -0.25) is 4.98 Å². The maximum atomic E-state index is 9.27. The van der Waals surface area contributed by atoms with Gasteiger partial charge in [0.25, 0.3) is 0 Å². The van der Waals surface area contributed by atoms with Gasteiger partial charge in [-0.05, 0) is 37.5 Å². The summed E-state index contributed by atoms with van der Waals surface area (Å²) in [4.78, 5) is 4.04. The molecular formula is C15H21N3. The standard InChI is InChI=1S/C15H21N3/c1-12(13-7-9-17-10-8-13)18-15-6-4-2-3-5-14(15)11-16/h7-10,12,14-15,18H,2-6H2,1H3. The molecule has 2 rings (SSSR count). The zero-order valence-corrected chi connectivity index (χ0v) is 11.0. The molecule has 1 aromatic heterocycles. The minimum absolute atomic E-state index is 0.164. The van der Waals surface area contributed by atoms with Crippen LogP contribution in [0, 0.1) is 17.2 Å². The minimum atomic E-state index is 0.164. The lowest BCUT2D eigenvalue weighted by Gasteiger charge is -2.25. The van der Waals surface area contributed by atoms with E-state index in [4.69, 9.17) is 0 Å². The van der Waals surface area contributed by atoms with Crippen molar-refractivity contribution in [3.05, 3.63) is 30.1 Å². The van der Waals surface area contributed by atoms with Crippen molar-refractivity contribution in [2.75, 3.05) is 0 Å². The van der Waals surface area contributed by atoms with Crippen LogP contribution in [0.4, 0.5) is 0 Å². The summed E-state index contributed by atoms with van der Waals surface area (Å²) in [5.41, 5.74) is 1.24. The Hall–Kier alpha value is -1.40. The van der Waals surface area contributed by atoms with Gasteiger partial charge in [-0.25, -0.2) is 0 Å². The molecule has 0 aromatic carbocycles. The molecule has 0 aliphatic heterocycles. The quantitative estimate of drug-likeness (QED) is 0.829. The minimum Gasteiger partial charge on any atom is -0.306 e. The molecule has 0 radical (unpaired) electrons. The summed E-state index contributed by atoms with van der Waals surface area (Å²) in [6.45, 7) is 2.16. The summed E-state index contributed by atoms with van der Waals surface area (Å²) in [7, 11) is 0. The number of nitriles is 1. The van der Waals surface area contributed by atoms with Crippen LogP contribution in [0.1, 0.15) is 50.6 Å². The van der Waals surface area contributed by atoms with E-state index in [1.807, 2.05) is 24.5 Å². The Morgan fingerprint density at radius 3 is 2.72 bits per heavy atom. The van der Waals surface area contributed by atoms with Crippen LogP contribution in [-0.2, 0) is 0 Å². The van der Waals surface area contributed by atoms with Crippen LogP contribution in [0.3, 0.4) is 0 Å². The second-order valence-electron chi connectivity index (χ2n) is 5.15. The van der Waals surface area contributed by atoms with Gasteiger partial charge in [0.2, 0.25) is 0 Å². The first kappa shape index (κ1) is 13.0. The summed E-state index contributed by atoms with van der Waals surface area (Å²) in [6.07, 6.45) is 9.49. The number of nitrogens with zero attached hydrogens (tertiary/aromatic N) is 2. The molecule has 1 aliphatic rings. The van der Waals surface area contributed by atoms with E-state index in [2.05, 4.69) is 23.3 Å². The molecule has 3 nitrogen and oxygen atoms in total. The van der Waals surface area contributed by atoms with Crippen molar-refractivity contribution >= 4 is 0 Å². The van der Waals surface area contributed by atoms with E-state index >= 15 is 0 Å². The van der Waals surface area contributed by atoms with Gasteiger partial charge < -0.3 is 5.32 Å². The number of pyridine rings is 1. The number of aromatic nitrogens is 1. The Bertz CT molecular complexity index is 396. The highest BCUT2D eigenvalue weighted by molar-refractivity contribution is 5.14. The average molecular weight is 243 g/mol. The number of hydrogen-bond acceptors (Lipinski definition) is 3. The third-order valence-electron chi connectivity index (χ3n) is 3.85. The van der Waals surface area contributed by atoms with Gasteiger partial charge >= 0.3 is 0 Å². The molecule has 0 bridgehead atoms. The Kier molecular flexibility index (Phi) is 4.72. The molecule has 1 aliphatic carbocycles. The van der Waals surface area contributed by atoms with Crippen molar-refractivity contribution in [1.82, 2.24) is 10.3 Å². The van der Waals surface area contributed by atoms with Crippen molar-refractivity contribution in [2.24, 2.45) is 5.92 Å². The Labute approximate surface area is 109 Å². The molecule has 3 unspecified atom stereocenters. The third-order valence-corrected chi connectivity index (χ3v) is 3.85. The summed E-state index contributed by atoms with van der Waals surface area (Å²) in [5, 5.41) is 12.9. The van der Waals surface area contributed by atoms with Crippen molar-refractivity contribution in [3.8, 4) is 6.07 Å². The van der Waals surface area contributed by atoms with Gasteiger partial charge in [0.15, 0.2) is 0 Å². The van der Waals surface area contributed by atoms with Crippen molar-refractivity contribution in [3.63, 3.8) is 0 Å². The highest BCUT2D eigenvalue weighted by atomic mass is 15.0. The molecule has 3 atom stereocenters. The van der Waals surface area contributed by atoms with Gasteiger partial charge in [-0.15, -0.1) is 0 Å². The fraction of sp³-hybridized carbons (Fsp3) is 0.600. The molecule has 1 saturated carbocycles. The monoisotopic (exact) mass is 243 g/mol. The topological polar surface area (TPSA) is 48.7 Å². The first-order chi connectivity index (χ1) is 8.81. The lowest BCUT2D eigenvalue weighted by molar-refractivity contribution is 0.361. The fourth-order valence-electron chi connectivity index (χ4n) is 2.73. The molecular weight excluding hydrogens is 222 g/mol. The van der Waals surface area contributed by atoms with Crippen LogP contribution in [0.25, 0.3) is 0 Å². The van der Waals surface area contributed by atoms with Gasteiger partial charge in [0, 0.05) is 24.5 Å². The first-order valence-electron chi connectivity index (χ1n) is 6.87. The molecule has 1 heterocycles. The molecule has 0 spiro atoms. The van der Waals surface area contributed by atoms with Crippen LogP contribution >= 0.6 is 0 Å². The summed E-state index contributed by atoms with van der Waals surface area (Å²) >= 11 is 0. The highest BCUT2D eigenvalue weighted by Gasteiger charge is 2.24. The van der Waals surface area contributed by atoms with E-state index in [1.165, 1.54) is 24.8 Å². The highest BCUT2D eigenvalue weighted by Crippen LogP contribution is 2.25. The van der Waals surface area contributed by atoms with Gasteiger partial charge in [-0.1, -0.05) is 19.3 Å². The predicted molar refractivity (Wildman–Crippen MR) is 71.8 cm³/mol. The number of rotatable bonds is 3. The maximum absolute atomic E-state index is 9.27. The van der Waals surface area contributed by atoms with E-state index in [0.29, 0.717) is 6.04 Å². The number of hydrogen-bond donors (Lipinski definition) is 1. The van der Waals surface area contributed by atoms with Crippen molar-refractivity contribution in [2.45, 2.75) is 51.1 Å². The zero-order chi connectivity index (χ0) is 12.8. The van der Waals surface area contributed by atoms with Crippen LogP contribution in [-0.4, -0.2) is 11.0 Å². The van der Waals surface area contributed by atoms with E-state index in [1.54, 1.807) is 0 Å². The second-order valence-corrected chi connectivity index (χ2v) is 5.15. The molecule has 18 heavy (non-hydrogen) atoms. The Morgan fingerprint density at radius 2 is 2.00 bits per heavy atom. The van der Waals surface area contributed by atoms with Crippen molar-refractivity contribution in [1.29, 1.82) is 5.26 Å². The summed E-state index contributed by atoms with van der Waals surface area (Å²) in [6, 6.07) is 7.17. The molecule has 1 fully saturated rings. The van der Waals surface area contributed by atoms with Crippen LogP contribution in [0.2, 0.25) is 0 Å². The van der Waals surface area contributed by atoms with Crippen LogP contribution < -0.4 is 5.32 Å². The smallest absolute Gasteiger partial charge is 0.0672 e. The van der Waals surface area contributed by atoms with E-state index in [0.717, 1.165) is 12.8 Å². The SMILES string of the molecule is CC(NC1CCCCCC1C#N)c1ccncc1. The Balaban J connectivity index is 2.00. The van der Waals surface area contributed by atoms with Gasteiger partial charge in [0.05, 0.1) is 12.0 Å².